The third-order valence-electron chi connectivity index (χ3n) is 3.50. The second-order valence-corrected chi connectivity index (χ2v) is 4.59. The monoisotopic (exact) mass is 232 g/mol. The van der Waals surface area contributed by atoms with Gasteiger partial charge in [-0.1, -0.05) is 6.07 Å². The molecule has 2 atom stereocenters. The Hall–Kier alpha value is -1.62. The average molecular weight is 232 g/mol. The number of nitrogens with zero attached hydrogens (tertiary/aromatic N) is 2. The fourth-order valence-corrected chi connectivity index (χ4v) is 2.55. The molecule has 2 aliphatic rings. The maximum atomic E-state index is 11.9. The van der Waals surface area contributed by atoms with Gasteiger partial charge in [-0.25, -0.2) is 4.79 Å². The van der Waals surface area contributed by atoms with E-state index in [1.165, 1.54) is 0 Å². The summed E-state index contributed by atoms with van der Waals surface area (Å²) in [6.07, 6.45) is 4.62. The van der Waals surface area contributed by atoms with Crippen LogP contribution in [0, 0.1) is 0 Å². The Morgan fingerprint density at radius 3 is 3.12 bits per heavy atom. The summed E-state index contributed by atoms with van der Waals surface area (Å²) in [5.41, 5.74) is 1.08. The van der Waals surface area contributed by atoms with Crippen LogP contribution in [0.3, 0.4) is 0 Å². The molecule has 0 saturated carbocycles. The Balaban J connectivity index is 1.73. The van der Waals surface area contributed by atoms with Crippen molar-refractivity contribution >= 4 is 6.03 Å². The predicted molar refractivity (Wildman–Crippen MR) is 63.5 cm³/mol. The average Bonchev–Trinajstić information content (AvgIpc) is 2.99. The smallest absolute Gasteiger partial charge is 0.318 e. The van der Waals surface area contributed by atoms with E-state index in [4.69, 9.17) is 0 Å². The maximum absolute atomic E-state index is 11.9. The van der Waals surface area contributed by atoms with E-state index in [1.54, 1.807) is 6.20 Å². The van der Waals surface area contributed by atoms with E-state index in [0.717, 1.165) is 31.6 Å². The second kappa shape index (κ2) is 4.33. The van der Waals surface area contributed by atoms with Crippen LogP contribution in [0.15, 0.2) is 24.5 Å². The molecule has 2 fully saturated rings. The van der Waals surface area contributed by atoms with Crippen molar-refractivity contribution in [2.45, 2.75) is 18.5 Å². The summed E-state index contributed by atoms with van der Waals surface area (Å²) in [6, 6.07) is 4.39. The topological polar surface area (TPSA) is 57.3 Å². The molecule has 90 valence electrons. The molecule has 0 spiro atoms. The van der Waals surface area contributed by atoms with Crippen LogP contribution in [-0.2, 0) is 0 Å². The van der Waals surface area contributed by atoms with Gasteiger partial charge in [-0.2, -0.15) is 0 Å². The Bertz CT molecular complexity index is 402. The number of nitrogens with one attached hydrogen (secondary N) is 2. The number of pyridine rings is 1. The van der Waals surface area contributed by atoms with E-state index < -0.39 is 0 Å². The molecule has 2 unspecified atom stereocenters. The molecule has 2 saturated heterocycles. The first-order valence-corrected chi connectivity index (χ1v) is 6.02. The van der Waals surface area contributed by atoms with E-state index in [2.05, 4.69) is 15.6 Å². The molecule has 0 bridgehead atoms. The molecule has 17 heavy (non-hydrogen) atoms. The normalized spacial score (nSPS) is 28.5. The summed E-state index contributed by atoms with van der Waals surface area (Å²) in [4.78, 5) is 17.9. The molecule has 0 radical (unpaired) electrons. The fourth-order valence-electron chi connectivity index (χ4n) is 2.55. The largest absolute Gasteiger partial charge is 0.329 e. The van der Waals surface area contributed by atoms with Gasteiger partial charge in [-0.15, -0.1) is 0 Å². The first kappa shape index (κ1) is 10.5. The Morgan fingerprint density at radius 1 is 1.47 bits per heavy atom. The first-order valence-electron chi connectivity index (χ1n) is 6.02. The number of hydrogen-bond donors (Lipinski definition) is 2. The third kappa shape index (κ3) is 1.98. The fraction of sp³-hybridized carbons (Fsp3) is 0.500. The van der Waals surface area contributed by atoms with Gasteiger partial charge in [-0.3, -0.25) is 4.98 Å². The van der Waals surface area contributed by atoms with Crippen molar-refractivity contribution in [3.8, 4) is 0 Å². The van der Waals surface area contributed by atoms with Crippen LogP contribution in [0.4, 0.5) is 4.79 Å². The van der Waals surface area contributed by atoms with Crippen LogP contribution in [0.1, 0.15) is 18.0 Å². The number of urea groups is 1. The van der Waals surface area contributed by atoms with Gasteiger partial charge in [0.15, 0.2) is 0 Å². The van der Waals surface area contributed by atoms with Crippen molar-refractivity contribution < 1.29 is 4.79 Å². The lowest BCUT2D eigenvalue weighted by atomic mass is 10.1. The molecule has 0 aliphatic carbocycles. The summed E-state index contributed by atoms with van der Waals surface area (Å²) in [6.45, 7) is 2.66. The van der Waals surface area contributed by atoms with Gasteiger partial charge >= 0.3 is 6.03 Å². The highest BCUT2D eigenvalue weighted by Crippen LogP contribution is 2.22. The van der Waals surface area contributed by atoms with Crippen molar-refractivity contribution in [3.63, 3.8) is 0 Å². The highest BCUT2D eigenvalue weighted by molar-refractivity contribution is 5.77. The molecule has 5 nitrogen and oxygen atoms in total. The van der Waals surface area contributed by atoms with Crippen molar-refractivity contribution in [2.75, 3.05) is 19.6 Å². The van der Waals surface area contributed by atoms with Crippen LogP contribution in [0.2, 0.25) is 0 Å². The van der Waals surface area contributed by atoms with Gasteiger partial charge < -0.3 is 15.5 Å². The zero-order chi connectivity index (χ0) is 11.7. The zero-order valence-electron chi connectivity index (χ0n) is 9.60. The van der Waals surface area contributed by atoms with Crippen molar-refractivity contribution in [1.29, 1.82) is 0 Å². The van der Waals surface area contributed by atoms with E-state index in [0.29, 0.717) is 6.04 Å². The number of aromatic nitrogens is 1. The Kier molecular flexibility index (Phi) is 2.68. The highest BCUT2D eigenvalue weighted by atomic mass is 16.2. The van der Waals surface area contributed by atoms with Crippen LogP contribution in [0.5, 0.6) is 0 Å². The van der Waals surface area contributed by atoms with E-state index in [1.807, 2.05) is 23.2 Å². The molecular formula is C12H16N4O. The molecule has 1 aromatic heterocycles. The number of carbonyl (C=O) groups is 1. The van der Waals surface area contributed by atoms with Crippen LogP contribution >= 0.6 is 0 Å². The summed E-state index contributed by atoms with van der Waals surface area (Å²) >= 11 is 0. The molecule has 2 aliphatic heterocycles. The van der Waals surface area contributed by atoms with E-state index in [-0.39, 0.29) is 12.1 Å². The quantitative estimate of drug-likeness (QED) is 0.781. The summed E-state index contributed by atoms with van der Waals surface area (Å²) < 4.78 is 0. The predicted octanol–water partition coefficient (Wildman–Crippen LogP) is 0.510. The lowest BCUT2D eigenvalue weighted by Crippen LogP contribution is -2.39. The van der Waals surface area contributed by atoms with Gasteiger partial charge in [0.05, 0.1) is 6.04 Å². The van der Waals surface area contributed by atoms with Gasteiger partial charge in [0.1, 0.15) is 0 Å². The van der Waals surface area contributed by atoms with Gasteiger partial charge in [0.2, 0.25) is 0 Å². The number of carbonyl (C=O) groups excluding carboxylic acids is 1. The maximum Gasteiger partial charge on any atom is 0.318 e. The van der Waals surface area contributed by atoms with Crippen LogP contribution < -0.4 is 10.6 Å². The van der Waals surface area contributed by atoms with Gasteiger partial charge in [0, 0.05) is 31.5 Å². The first-order chi connectivity index (χ1) is 8.34. The number of amides is 2. The lowest BCUT2D eigenvalue weighted by Gasteiger charge is -2.21. The SMILES string of the molecule is O=C1NC(c2cccnc2)CN1C1CCNC1. The number of rotatable bonds is 2. The Labute approximate surface area is 100 Å². The minimum Gasteiger partial charge on any atom is -0.329 e. The second-order valence-electron chi connectivity index (χ2n) is 4.59. The molecule has 5 heteroatoms. The summed E-state index contributed by atoms with van der Waals surface area (Å²) in [5.74, 6) is 0. The van der Waals surface area contributed by atoms with E-state index >= 15 is 0 Å². The summed E-state index contributed by atoms with van der Waals surface area (Å²) in [7, 11) is 0. The molecule has 0 aromatic carbocycles. The van der Waals surface area contributed by atoms with Crippen molar-refractivity contribution in [3.05, 3.63) is 30.1 Å². The van der Waals surface area contributed by atoms with E-state index in [9.17, 15) is 4.79 Å². The summed E-state index contributed by atoms with van der Waals surface area (Å²) in [5, 5.41) is 6.31. The molecular weight excluding hydrogens is 216 g/mol. The number of hydrogen-bond acceptors (Lipinski definition) is 3. The van der Waals surface area contributed by atoms with Gasteiger partial charge in [-0.05, 0) is 24.6 Å². The molecule has 2 amide bonds. The van der Waals surface area contributed by atoms with Crippen LogP contribution in [-0.4, -0.2) is 41.6 Å². The molecule has 3 rings (SSSR count). The van der Waals surface area contributed by atoms with Crippen molar-refractivity contribution in [1.82, 2.24) is 20.5 Å². The third-order valence-corrected chi connectivity index (χ3v) is 3.50. The lowest BCUT2D eigenvalue weighted by molar-refractivity contribution is 0.201. The molecule has 1 aromatic rings. The minimum atomic E-state index is 0.0487. The molecule has 2 N–H and O–H groups in total. The molecule has 3 heterocycles. The Morgan fingerprint density at radius 2 is 2.41 bits per heavy atom. The minimum absolute atomic E-state index is 0.0487. The highest BCUT2D eigenvalue weighted by Gasteiger charge is 2.35. The van der Waals surface area contributed by atoms with Crippen molar-refractivity contribution in [2.24, 2.45) is 0 Å². The van der Waals surface area contributed by atoms with Crippen LogP contribution in [0.25, 0.3) is 0 Å². The van der Waals surface area contributed by atoms with Gasteiger partial charge in [0.25, 0.3) is 0 Å². The zero-order valence-corrected chi connectivity index (χ0v) is 9.60. The standard InChI is InChI=1S/C12H16N4O/c17-12-15-11(9-2-1-4-13-6-9)8-16(12)10-3-5-14-7-10/h1-2,4,6,10-11,14H,3,5,7-8H2,(H,15,17).